The Morgan fingerprint density at radius 1 is 1.30 bits per heavy atom. The van der Waals surface area contributed by atoms with Gasteiger partial charge in [-0.1, -0.05) is 12.1 Å². The Hall–Kier alpha value is -1.92. The smallest absolute Gasteiger partial charge is 0.273 e. The van der Waals surface area contributed by atoms with Crippen molar-refractivity contribution in [1.29, 1.82) is 0 Å². The summed E-state index contributed by atoms with van der Waals surface area (Å²) < 4.78 is 6.25. The van der Waals surface area contributed by atoms with Crippen molar-refractivity contribution in [1.82, 2.24) is 0 Å². The standard InChI is InChI=1S/C14H13BrN2O3/c1-9-6-14(12(15)7-13(9)17(18)19)20-11-4-2-10(8-16)3-5-11/h2-7H,8,16H2,1H3. The van der Waals surface area contributed by atoms with Gasteiger partial charge in [0.1, 0.15) is 11.5 Å². The van der Waals surface area contributed by atoms with E-state index in [-0.39, 0.29) is 5.69 Å². The number of hydrogen-bond acceptors (Lipinski definition) is 4. The number of nitrogens with zero attached hydrogens (tertiary/aromatic N) is 1. The minimum atomic E-state index is -0.417. The van der Waals surface area contributed by atoms with Gasteiger partial charge in [0.05, 0.1) is 9.40 Å². The van der Waals surface area contributed by atoms with Crippen LogP contribution in [0.1, 0.15) is 11.1 Å². The van der Waals surface area contributed by atoms with Crippen LogP contribution in [-0.4, -0.2) is 4.92 Å². The maximum atomic E-state index is 10.8. The molecule has 0 aliphatic rings. The molecular weight excluding hydrogens is 324 g/mol. The third-order valence-corrected chi connectivity index (χ3v) is 3.45. The lowest BCUT2D eigenvalue weighted by Crippen LogP contribution is -1.96. The van der Waals surface area contributed by atoms with Crippen molar-refractivity contribution in [2.75, 3.05) is 0 Å². The molecule has 0 spiro atoms. The van der Waals surface area contributed by atoms with E-state index in [0.717, 1.165) is 5.56 Å². The fourth-order valence-corrected chi connectivity index (χ4v) is 2.15. The largest absolute Gasteiger partial charge is 0.456 e. The second kappa shape index (κ2) is 6.02. The summed E-state index contributed by atoms with van der Waals surface area (Å²) in [6.45, 7) is 2.15. The number of ether oxygens (including phenoxy) is 1. The van der Waals surface area contributed by atoms with E-state index in [0.29, 0.717) is 28.1 Å². The monoisotopic (exact) mass is 336 g/mol. The van der Waals surface area contributed by atoms with E-state index in [1.165, 1.54) is 6.07 Å². The number of hydrogen-bond donors (Lipinski definition) is 1. The molecule has 0 amide bonds. The van der Waals surface area contributed by atoms with E-state index in [2.05, 4.69) is 15.9 Å². The molecule has 0 aliphatic heterocycles. The summed E-state index contributed by atoms with van der Waals surface area (Å²) in [5, 5.41) is 10.8. The molecule has 0 fully saturated rings. The maximum Gasteiger partial charge on any atom is 0.273 e. The Morgan fingerprint density at radius 3 is 2.50 bits per heavy atom. The fraction of sp³-hybridized carbons (Fsp3) is 0.143. The van der Waals surface area contributed by atoms with Crippen LogP contribution in [0.5, 0.6) is 11.5 Å². The average Bonchev–Trinajstić information content (AvgIpc) is 2.43. The molecule has 20 heavy (non-hydrogen) atoms. The first-order chi connectivity index (χ1) is 9.51. The highest BCUT2D eigenvalue weighted by Gasteiger charge is 2.15. The van der Waals surface area contributed by atoms with E-state index in [1.807, 2.05) is 24.3 Å². The Morgan fingerprint density at radius 2 is 1.95 bits per heavy atom. The van der Waals surface area contributed by atoms with Crippen LogP contribution in [0.4, 0.5) is 5.69 Å². The molecule has 0 aromatic heterocycles. The number of rotatable bonds is 4. The third kappa shape index (κ3) is 3.15. The van der Waals surface area contributed by atoms with Gasteiger partial charge < -0.3 is 10.5 Å². The van der Waals surface area contributed by atoms with Crippen molar-refractivity contribution < 1.29 is 9.66 Å². The fourth-order valence-electron chi connectivity index (χ4n) is 1.74. The molecule has 104 valence electrons. The lowest BCUT2D eigenvalue weighted by Gasteiger charge is -2.09. The van der Waals surface area contributed by atoms with E-state index >= 15 is 0 Å². The maximum absolute atomic E-state index is 10.8. The van der Waals surface area contributed by atoms with Crippen LogP contribution >= 0.6 is 15.9 Å². The summed E-state index contributed by atoms with van der Waals surface area (Å²) >= 11 is 3.29. The number of benzene rings is 2. The second-order valence-corrected chi connectivity index (χ2v) is 5.13. The molecule has 0 atom stereocenters. The number of nitrogens with two attached hydrogens (primary N) is 1. The molecule has 2 aromatic rings. The van der Waals surface area contributed by atoms with Crippen LogP contribution in [0.2, 0.25) is 0 Å². The zero-order valence-electron chi connectivity index (χ0n) is 10.8. The Kier molecular flexibility index (Phi) is 4.36. The molecule has 2 N–H and O–H groups in total. The predicted octanol–water partition coefficient (Wildman–Crippen LogP) is 3.92. The Balaban J connectivity index is 2.29. The van der Waals surface area contributed by atoms with Crippen LogP contribution < -0.4 is 10.5 Å². The van der Waals surface area contributed by atoms with Gasteiger partial charge >= 0.3 is 0 Å². The van der Waals surface area contributed by atoms with Gasteiger partial charge in [-0.3, -0.25) is 10.1 Å². The number of nitro benzene ring substituents is 1. The SMILES string of the molecule is Cc1cc(Oc2ccc(CN)cc2)c(Br)cc1[N+](=O)[O-]. The Bertz CT molecular complexity index is 642. The lowest BCUT2D eigenvalue weighted by atomic mass is 10.2. The van der Waals surface area contributed by atoms with Crippen LogP contribution in [0.3, 0.4) is 0 Å². The zero-order chi connectivity index (χ0) is 14.7. The summed E-state index contributed by atoms with van der Waals surface area (Å²) in [4.78, 5) is 10.4. The van der Waals surface area contributed by atoms with E-state index < -0.39 is 4.92 Å². The molecule has 0 aliphatic carbocycles. The van der Waals surface area contributed by atoms with E-state index in [4.69, 9.17) is 10.5 Å². The van der Waals surface area contributed by atoms with Gasteiger partial charge in [-0.2, -0.15) is 0 Å². The molecule has 2 aromatic carbocycles. The first-order valence-corrected chi connectivity index (χ1v) is 6.72. The molecular formula is C14H13BrN2O3. The molecule has 6 heteroatoms. The minimum absolute atomic E-state index is 0.0581. The molecule has 5 nitrogen and oxygen atoms in total. The van der Waals surface area contributed by atoms with Crippen molar-refractivity contribution in [2.24, 2.45) is 5.73 Å². The quantitative estimate of drug-likeness (QED) is 0.677. The highest BCUT2D eigenvalue weighted by molar-refractivity contribution is 9.10. The van der Waals surface area contributed by atoms with E-state index in [9.17, 15) is 10.1 Å². The molecule has 0 unspecified atom stereocenters. The average molecular weight is 337 g/mol. The van der Waals surface area contributed by atoms with Crippen LogP contribution in [0, 0.1) is 17.0 Å². The summed E-state index contributed by atoms with van der Waals surface area (Å²) in [7, 11) is 0. The summed E-state index contributed by atoms with van der Waals surface area (Å²) in [5.74, 6) is 1.18. The highest BCUT2D eigenvalue weighted by Crippen LogP contribution is 2.35. The third-order valence-electron chi connectivity index (χ3n) is 2.83. The highest BCUT2D eigenvalue weighted by atomic mass is 79.9. The van der Waals surface area contributed by atoms with Gasteiger partial charge in [0.25, 0.3) is 5.69 Å². The van der Waals surface area contributed by atoms with Crippen molar-refractivity contribution in [2.45, 2.75) is 13.5 Å². The van der Waals surface area contributed by atoms with Crippen molar-refractivity contribution >= 4 is 21.6 Å². The van der Waals surface area contributed by atoms with Crippen molar-refractivity contribution in [3.8, 4) is 11.5 Å². The van der Waals surface area contributed by atoms with Crippen molar-refractivity contribution in [3.63, 3.8) is 0 Å². The predicted molar refractivity (Wildman–Crippen MR) is 79.9 cm³/mol. The molecule has 0 radical (unpaired) electrons. The minimum Gasteiger partial charge on any atom is -0.456 e. The molecule has 0 heterocycles. The van der Waals surface area contributed by atoms with Crippen LogP contribution in [-0.2, 0) is 6.54 Å². The number of halogens is 1. The van der Waals surface area contributed by atoms with Gasteiger partial charge in [0, 0.05) is 18.2 Å². The second-order valence-electron chi connectivity index (χ2n) is 4.28. The molecule has 0 saturated heterocycles. The number of aryl methyl sites for hydroxylation is 1. The number of nitro groups is 1. The first kappa shape index (κ1) is 14.5. The summed E-state index contributed by atoms with van der Waals surface area (Å²) in [6, 6.07) is 10.5. The van der Waals surface area contributed by atoms with Gasteiger partial charge in [0.2, 0.25) is 0 Å². The van der Waals surface area contributed by atoms with Crippen LogP contribution in [0.15, 0.2) is 40.9 Å². The summed E-state index contributed by atoms with van der Waals surface area (Å²) in [5.41, 5.74) is 7.15. The normalized spacial score (nSPS) is 10.3. The van der Waals surface area contributed by atoms with Gasteiger partial charge in [-0.15, -0.1) is 0 Å². The van der Waals surface area contributed by atoms with Gasteiger partial charge in [-0.25, -0.2) is 0 Å². The zero-order valence-corrected chi connectivity index (χ0v) is 12.4. The van der Waals surface area contributed by atoms with Crippen molar-refractivity contribution in [3.05, 3.63) is 62.1 Å². The summed E-state index contributed by atoms with van der Waals surface area (Å²) in [6.07, 6.45) is 0. The topological polar surface area (TPSA) is 78.4 Å². The van der Waals surface area contributed by atoms with E-state index in [1.54, 1.807) is 13.0 Å². The first-order valence-electron chi connectivity index (χ1n) is 5.92. The molecule has 0 bridgehead atoms. The van der Waals surface area contributed by atoms with Crippen LogP contribution in [0.25, 0.3) is 0 Å². The Labute approximate surface area is 124 Å². The lowest BCUT2D eigenvalue weighted by molar-refractivity contribution is -0.385. The van der Waals surface area contributed by atoms with Gasteiger partial charge in [-0.05, 0) is 46.6 Å². The molecule has 0 saturated carbocycles. The van der Waals surface area contributed by atoms with Gasteiger partial charge in [0.15, 0.2) is 0 Å². The molecule has 2 rings (SSSR count).